The molecule has 59 heavy (non-hydrogen) atoms. The highest BCUT2D eigenvalue weighted by atomic mass is 16.3. The second-order valence-electron chi connectivity index (χ2n) is 16.1. The summed E-state index contributed by atoms with van der Waals surface area (Å²) in [4.78, 5) is 2.43. The van der Waals surface area contributed by atoms with Gasteiger partial charge in [0.15, 0.2) is 0 Å². The quantitative estimate of drug-likeness (QED) is 0.161. The van der Waals surface area contributed by atoms with Crippen molar-refractivity contribution in [2.24, 2.45) is 0 Å². The molecule has 1 aliphatic carbocycles. The van der Waals surface area contributed by atoms with Crippen LogP contribution in [0.15, 0.2) is 217 Å². The Morgan fingerprint density at radius 3 is 1.66 bits per heavy atom. The van der Waals surface area contributed by atoms with Crippen molar-refractivity contribution in [1.29, 1.82) is 0 Å². The predicted molar refractivity (Wildman–Crippen MR) is 248 cm³/mol. The molecule has 0 saturated carbocycles. The van der Waals surface area contributed by atoms with Crippen molar-refractivity contribution in [3.63, 3.8) is 0 Å². The van der Waals surface area contributed by atoms with Gasteiger partial charge in [-0.1, -0.05) is 178 Å². The summed E-state index contributed by atoms with van der Waals surface area (Å²) in [6.45, 7) is 4.71. The van der Waals surface area contributed by atoms with Gasteiger partial charge in [0.25, 0.3) is 0 Å². The van der Waals surface area contributed by atoms with Gasteiger partial charge in [0.05, 0.1) is 0 Å². The number of nitrogens with zero attached hydrogens (tertiary/aromatic N) is 1. The normalized spacial score (nSPS) is 12.7. The van der Waals surface area contributed by atoms with Crippen molar-refractivity contribution in [2.45, 2.75) is 19.3 Å². The molecule has 0 amide bonds. The van der Waals surface area contributed by atoms with E-state index in [0.717, 1.165) is 55.7 Å². The Hall–Kier alpha value is -7.42. The Balaban J connectivity index is 1.11. The van der Waals surface area contributed by atoms with Crippen LogP contribution in [0.5, 0.6) is 0 Å². The first kappa shape index (κ1) is 34.8. The van der Waals surface area contributed by atoms with Gasteiger partial charge in [-0.05, 0) is 110 Å². The molecule has 11 rings (SSSR count). The molecule has 0 radical (unpaired) electrons. The van der Waals surface area contributed by atoms with E-state index in [1.807, 2.05) is 6.07 Å². The van der Waals surface area contributed by atoms with Crippen molar-refractivity contribution in [3.8, 4) is 55.6 Å². The first-order valence-electron chi connectivity index (χ1n) is 20.4. The van der Waals surface area contributed by atoms with Crippen LogP contribution >= 0.6 is 0 Å². The minimum Gasteiger partial charge on any atom is -0.456 e. The lowest BCUT2D eigenvalue weighted by atomic mass is 9.82. The summed E-state index contributed by atoms with van der Waals surface area (Å²) in [6, 6.07) is 76.9. The van der Waals surface area contributed by atoms with Gasteiger partial charge in [0.2, 0.25) is 0 Å². The third-order valence-corrected chi connectivity index (χ3v) is 12.3. The number of hydrogen-bond acceptors (Lipinski definition) is 2. The zero-order valence-electron chi connectivity index (χ0n) is 33.1. The zero-order valence-corrected chi connectivity index (χ0v) is 33.1. The average Bonchev–Trinajstić information content (AvgIpc) is 3.79. The van der Waals surface area contributed by atoms with Crippen LogP contribution in [0.4, 0.5) is 17.1 Å². The number of hydrogen-bond donors (Lipinski definition) is 0. The van der Waals surface area contributed by atoms with Crippen LogP contribution in [0.25, 0.3) is 77.6 Å². The Kier molecular flexibility index (Phi) is 8.20. The topological polar surface area (TPSA) is 16.4 Å². The number of fused-ring (bicyclic) bond motifs is 6. The molecule has 0 unspecified atom stereocenters. The van der Waals surface area contributed by atoms with Gasteiger partial charge in [-0.25, -0.2) is 0 Å². The molecule has 280 valence electrons. The van der Waals surface area contributed by atoms with Gasteiger partial charge in [-0.3, -0.25) is 0 Å². The molecule has 0 aliphatic heterocycles. The van der Waals surface area contributed by atoms with Crippen LogP contribution in [0.2, 0.25) is 0 Å². The molecular formula is C57H41NO. The molecular weight excluding hydrogens is 715 g/mol. The summed E-state index contributed by atoms with van der Waals surface area (Å²) in [7, 11) is 0. The van der Waals surface area contributed by atoms with Crippen LogP contribution in [0.3, 0.4) is 0 Å². The molecule has 1 aromatic heterocycles. The zero-order chi connectivity index (χ0) is 39.5. The maximum absolute atomic E-state index is 6.49. The lowest BCUT2D eigenvalue weighted by Gasteiger charge is -2.29. The third-order valence-electron chi connectivity index (χ3n) is 12.3. The number of para-hydroxylation sites is 1. The second-order valence-corrected chi connectivity index (χ2v) is 16.1. The van der Waals surface area contributed by atoms with Crippen LogP contribution in [0, 0.1) is 0 Å². The Bertz CT molecular complexity index is 3170. The van der Waals surface area contributed by atoms with Crippen molar-refractivity contribution in [3.05, 3.63) is 223 Å². The fourth-order valence-electron chi connectivity index (χ4n) is 9.36. The second kappa shape index (κ2) is 13.9. The minimum absolute atomic E-state index is 0.130. The Morgan fingerprint density at radius 2 is 0.898 bits per heavy atom. The van der Waals surface area contributed by atoms with E-state index in [2.05, 4.69) is 225 Å². The van der Waals surface area contributed by atoms with Crippen molar-refractivity contribution < 1.29 is 4.42 Å². The fraction of sp³-hybridized carbons (Fsp3) is 0.0526. The average molecular weight is 756 g/mol. The van der Waals surface area contributed by atoms with Crippen molar-refractivity contribution in [1.82, 2.24) is 0 Å². The molecule has 2 nitrogen and oxygen atoms in total. The highest BCUT2D eigenvalue weighted by Gasteiger charge is 2.35. The van der Waals surface area contributed by atoms with Gasteiger partial charge < -0.3 is 9.32 Å². The largest absolute Gasteiger partial charge is 0.456 e. The van der Waals surface area contributed by atoms with Gasteiger partial charge >= 0.3 is 0 Å². The Morgan fingerprint density at radius 1 is 0.356 bits per heavy atom. The summed E-state index contributed by atoms with van der Waals surface area (Å²) in [5.74, 6) is 0. The van der Waals surface area contributed by atoms with Gasteiger partial charge in [-0.2, -0.15) is 0 Å². The molecule has 0 N–H and O–H groups in total. The van der Waals surface area contributed by atoms with E-state index in [9.17, 15) is 0 Å². The predicted octanol–water partition coefficient (Wildman–Crippen LogP) is 16.0. The molecule has 0 bridgehead atoms. The van der Waals surface area contributed by atoms with Crippen LogP contribution < -0.4 is 4.90 Å². The molecule has 0 atom stereocenters. The lowest BCUT2D eigenvalue weighted by molar-refractivity contribution is 0.660. The van der Waals surface area contributed by atoms with Gasteiger partial charge in [0.1, 0.15) is 11.2 Å². The maximum Gasteiger partial charge on any atom is 0.136 e. The van der Waals surface area contributed by atoms with Gasteiger partial charge in [0, 0.05) is 38.8 Å². The van der Waals surface area contributed by atoms with E-state index in [0.29, 0.717) is 0 Å². The first-order valence-corrected chi connectivity index (χ1v) is 20.4. The monoisotopic (exact) mass is 755 g/mol. The smallest absolute Gasteiger partial charge is 0.136 e. The number of anilines is 3. The van der Waals surface area contributed by atoms with E-state index < -0.39 is 0 Å². The third kappa shape index (κ3) is 5.87. The standard InChI is InChI=1S/C57H41NO/c1-57(2)51-25-11-9-23-48(51)49-32-31-46(37-52(49)57)58(44-21-13-19-42(35-44)39-17-7-4-8-18-39)45-22-14-20-43(36-45)47-33-34-54-56(50-24-10-12-26-53(50)59-54)55(47)41-29-27-40(28-30-41)38-15-5-3-6-16-38/h3-37H,1-2H3. The highest BCUT2D eigenvalue weighted by Crippen LogP contribution is 2.51. The van der Waals surface area contributed by atoms with Crippen LogP contribution in [0.1, 0.15) is 25.0 Å². The molecule has 2 heteroatoms. The molecule has 0 saturated heterocycles. The minimum atomic E-state index is -0.130. The first-order chi connectivity index (χ1) is 29.0. The molecule has 9 aromatic carbocycles. The van der Waals surface area contributed by atoms with Crippen molar-refractivity contribution >= 4 is 39.0 Å². The molecule has 10 aromatic rings. The molecule has 1 heterocycles. The Labute approximate surface area is 345 Å². The molecule has 0 fully saturated rings. The molecule has 0 spiro atoms. The maximum atomic E-state index is 6.49. The molecule has 1 aliphatic rings. The van der Waals surface area contributed by atoms with E-state index in [1.54, 1.807) is 0 Å². The van der Waals surface area contributed by atoms with Gasteiger partial charge in [-0.15, -0.1) is 0 Å². The van der Waals surface area contributed by atoms with Crippen LogP contribution in [-0.2, 0) is 5.41 Å². The number of rotatable bonds is 7. The SMILES string of the molecule is CC1(C)c2ccccc2-c2ccc(N(c3cccc(-c4ccccc4)c3)c3cccc(-c4ccc5oc6ccccc6c5c4-c4ccc(-c5ccccc5)cc4)c3)cc21. The summed E-state index contributed by atoms with van der Waals surface area (Å²) < 4.78 is 6.49. The summed E-state index contributed by atoms with van der Waals surface area (Å²) in [5.41, 5.74) is 19.7. The fourth-order valence-corrected chi connectivity index (χ4v) is 9.36. The van der Waals surface area contributed by atoms with Crippen molar-refractivity contribution in [2.75, 3.05) is 4.90 Å². The lowest BCUT2D eigenvalue weighted by Crippen LogP contribution is -2.16. The van der Waals surface area contributed by atoms with Crippen LogP contribution in [-0.4, -0.2) is 0 Å². The summed E-state index contributed by atoms with van der Waals surface area (Å²) in [6.07, 6.45) is 0. The highest BCUT2D eigenvalue weighted by molar-refractivity contribution is 6.16. The summed E-state index contributed by atoms with van der Waals surface area (Å²) in [5, 5.41) is 2.24. The number of furan rings is 1. The number of benzene rings is 9. The van der Waals surface area contributed by atoms with E-state index in [1.165, 1.54) is 50.1 Å². The van der Waals surface area contributed by atoms with E-state index in [-0.39, 0.29) is 5.41 Å². The summed E-state index contributed by atoms with van der Waals surface area (Å²) >= 11 is 0. The van der Waals surface area contributed by atoms with E-state index >= 15 is 0 Å². The van der Waals surface area contributed by atoms with E-state index in [4.69, 9.17) is 4.42 Å².